The molecule has 0 saturated carbocycles. The summed E-state index contributed by atoms with van der Waals surface area (Å²) in [5.41, 5.74) is 2.06. The maximum atomic E-state index is 12.5. The van der Waals surface area contributed by atoms with Gasteiger partial charge in [-0.2, -0.15) is 18.3 Å². The van der Waals surface area contributed by atoms with E-state index in [1.165, 1.54) is 19.4 Å². The third-order valence-corrected chi connectivity index (χ3v) is 3.72. The van der Waals surface area contributed by atoms with Crippen molar-refractivity contribution in [3.8, 4) is 11.5 Å². The maximum absolute atomic E-state index is 12.5. The van der Waals surface area contributed by atoms with E-state index < -0.39 is 11.7 Å². The Morgan fingerprint density at radius 1 is 1.38 bits per heavy atom. The van der Waals surface area contributed by atoms with Gasteiger partial charge in [0.2, 0.25) is 0 Å². The molecule has 0 aliphatic heterocycles. The number of anilines is 1. The van der Waals surface area contributed by atoms with Crippen LogP contribution in [0.1, 0.15) is 11.1 Å². The minimum atomic E-state index is -4.52. The zero-order valence-electron chi connectivity index (χ0n) is 12.0. The normalized spacial score (nSPS) is 11.8. The molecule has 0 amide bonds. The summed E-state index contributed by atoms with van der Waals surface area (Å²) in [7, 11) is 1.40. The number of ether oxygens (including phenoxy) is 1. The number of rotatable bonds is 4. The Balaban J connectivity index is 2.16. The average Bonchev–Trinajstić information content (AvgIpc) is 2.51. The Morgan fingerprint density at radius 3 is 2.67 bits per heavy atom. The molecule has 5 nitrogen and oxygen atoms in total. The van der Waals surface area contributed by atoms with Crippen molar-refractivity contribution in [1.29, 1.82) is 0 Å². The van der Waals surface area contributed by atoms with Crippen LogP contribution in [0.15, 0.2) is 34.0 Å². The fraction of sp³-hybridized carbons (Fsp3) is 0.143. The monoisotopic (exact) mass is 423 g/mol. The van der Waals surface area contributed by atoms with Gasteiger partial charge in [-0.15, -0.1) is 0 Å². The molecule has 1 heterocycles. The second-order valence-corrected chi connectivity index (χ2v) is 5.74. The number of halogens is 5. The molecule has 10 heteroatoms. The lowest BCUT2D eigenvalue weighted by atomic mass is 10.2. The molecule has 128 valence electrons. The third-order valence-electron chi connectivity index (χ3n) is 2.82. The largest absolute Gasteiger partial charge is 0.503 e. The average molecular weight is 425 g/mol. The Labute approximate surface area is 148 Å². The highest BCUT2D eigenvalue weighted by Gasteiger charge is 2.31. The van der Waals surface area contributed by atoms with Crippen molar-refractivity contribution in [2.24, 2.45) is 5.10 Å². The highest BCUT2D eigenvalue weighted by Crippen LogP contribution is 2.35. The van der Waals surface area contributed by atoms with E-state index in [1.54, 1.807) is 6.07 Å². The van der Waals surface area contributed by atoms with Crippen LogP contribution in [0, 0.1) is 0 Å². The number of hydrazone groups is 1. The molecule has 1 aromatic heterocycles. The number of phenols is 1. The first-order valence-corrected chi connectivity index (χ1v) is 7.47. The van der Waals surface area contributed by atoms with Crippen molar-refractivity contribution in [3.05, 3.63) is 45.0 Å². The van der Waals surface area contributed by atoms with Crippen LogP contribution in [0.5, 0.6) is 11.5 Å². The van der Waals surface area contributed by atoms with Crippen molar-refractivity contribution in [3.63, 3.8) is 0 Å². The molecule has 0 unspecified atom stereocenters. The summed E-state index contributed by atoms with van der Waals surface area (Å²) >= 11 is 8.91. The Kier molecular flexibility index (Phi) is 5.55. The summed E-state index contributed by atoms with van der Waals surface area (Å²) in [4.78, 5) is 3.59. The fourth-order valence-electron chi connectivity index (χ4n) is 1.67. The number of aromatic hydroxyl groups is 1. The van der Waals surface area contributed by atoms with Crippen molar-refractivity contribution < 1.29 is 23.0 Å². The highest BCUT2D eigenvalue weighted by molar-refractivity contribution is 9.10. The number of pyridine rings is 1. The van der Waals surface area contributed by atoms with E-state index in [1.807, 2.05) is 0 Å². The van der Waals surface area contributed by atoms with E-state index in [0.29, 0.717) is 16.2 Å². The molecule has 0 saturated heterocycles. The lowest BCUT2D eigenvalue weighted by Crippen LogP contribution is -2.06. The standard InChI is InChI=1S/C14H10BrClF3N3O2/c1-24-11-3-7(2-9(15)12(11)23)5-21-22-13-10(16)4-8(6-20-13)14(17,18)19/h2-6,23H,1H3,(H,20,22). The zero-order chi connectivity index (χ0) is 17.9. The topological polar surface area (TPSA) is 66.7 Å². The minimum absolute atomic E-state index is 0.0225. The van der Waals surface area contributed by atoms with Gasteiger partial charge in [0, 0.05) is 6.20 Å². The quantitative estimate of drug-likeness (QED) is 0.553. The summed E-state index contributed by atoms with van der Waals surface area (Å²) in [5, 5.41) is 13.3. The summed E-state index contributed by atoms with van der Waals surface area (Å²) in [6.45, 7) is 0. The molecule has 0 bridgehead atoms. The molecule has 2 rings (SSSR count). The van der Waals surface area contributed by atoms with Crippen LogP contribution < -0.4 is 10.2 Å². The smallest absolute Gasteiger partial charge is 0.417 e. The SMILES string of the molecule is COc1cc(C=NNc2ncc(C(F)(F)F)cc2Cl)cc(Br)c1O. The Morgan fingerprint density at radius 2 is 2.08 bits per heavy atom. The number of aromatic nitrogens is 1. The molecule has 2 aromatic rings. The van der Waals surface area contributed by atoms with Crippen LogP contribution in [0.2, 0.25) is 5.02 Å². The number of hydrogen-bond acceptors (Lipinski definition) is 5. The maximum Gasteiger partial charge on any atom is 0.417 e. The van der Waals surface area contributed by atoms with E-state index in [9.17, 15) is 18.3 Å². The number of phenolic OH excluding ortho intramolecular Hbond substituents is 1. The molecule has 0 fully saturated rings. The zero-order valence-corrected chi connectivity index (χ0v) is 14.4. The Hall–Kier alpha value is -2.00. The number of benzene rings is 1. The van der Waals surface area contributed by atoms with Gasteiger partial charge >= 0.3 is 6.18 Å². The van der Waals surface area contributed by atoms with Gasteiger partial charge in [-0.1, -0.05) is 11.6 Å². The lowest BCUT2D eigenvalue weighted by Gasteiger charge is -2.08. The number of alkyl halides is 3. The Bertz CT molecular complexity index is 785. The van der Waals surface area contributed by atoms with E-state index in [-0.39, 0.29) is 22.3 Å². The van der Waals surface area contributed by atoms with E-state index >= 15 is 0 Å². The molecule has 0 spiro atoms. The van der Waals surface area contributed by atoms with Gasteiger partial charge in [0.1, 0.15) is 0 Å². The third kappa shape index (κ3) is 4.30. The number of nitrogens with zero attached hydrogens (tertiary/aromatic N) is 2. The van der Waals surface area contributed by atoms with Crippen molar-refractivity contribution in [2.45, 2.75) is 6.18 Å². The van der Waals surface area contributed by atoms with Crippen LogP contribution in [-0.2, 0) is 6.18 Å². The van der Waals surface area contributed by atoms with Gasteiger partial charge in [-0.25, -0.2) is 4.98 Å². The van der Waals surface area contributed by atoms with Gasteiger partial charge in [-0.3, -0.25) is 5.43 Å². The molecular weight excluding hydrogens is 415 g/mol. The number of hydrogen-bond donors (Lipinski definition) is 2. The molecule has 0 aliphatic rings. The van der Waals surface area contributed by atoms with E-state index in [0.717, 1.165) is 6.07 Å². The summed E-state index contributed by atoms with van der Waals surface area (Å²) in [6, 6.07) is 3.85. The summed E-state index contributed by atoms with van der Waals surface area (Å²) < 4.78 is 43.0. The summed E-state index contributed by atoms with van der Waals surface area (Å²) in [5.74, 6) is 0.150. The van der Waals surface area contributed by atoms with E-state index in [2.05, 4.69) is 31.4 Å². The number of nitrogens with one attached hydrogen (secondary N) is 1. The second kappa shape index (κ2) is 7.27. The highest BCUT2D eigenvalue weighted by atomic mass is 79.9. The van der Waals surface area contributed by atoms with Crippen molar-refractivity contribution in [1.82, 2.24) is 4.98 Å². The molecule has 1 aromatic carbocycles. The van der Waals surface area contributed by atoms with Crippen LogP contribution in [-0.4, -0.2) is 23.4 Å². The predicted molar refractivity (Wildman–Crippen MR) is 87.8 cm³/mol. The second-order valence-electron chi connectivity index (χ2n) is 4.48. The van der Waals surface area contributed by atoms with Crippen LogP contribution in [0.25, 0.3) is 0 Å². The van der Waals surface area contributed by atoms with Crippen LogP contribution in [0.3, 0.4) is 0 Å². The summed E-state index contributed by atoms with van der Waals surface area (Å²) in [6.07, 6.45) is -2.50. The molecular formula is C14H10BrClF3N3O2. The predicted octanol–water partition coefficient (Wildman–Crippen LogP) is 4.68. The first-order valence-electron chi connectivity index (χ1n) is 6.30. The van der Waals surface area contributed by atoms with Gasteiger partial charge in [-0.05, 0) is 39.7 Å². The fourth-order valence-corrected chi connectivity index (χ4v) is 2.34. The number of methoxy groups -OCH3 is 1. The van der Waals surface area contributed by atoms with Crippen molar-refractivity contribution in [2.75, 3.05) is 12.5 Å². The lowest BCUT2D eigenvalue weighted by molar-refractivity contribution is -0.137. The molecule has 0 radical (unpaired) electrons. The van der Waals surface area contributed by atoms with Gasteiger partial charge in [0.15, 0.2) is 17.3 Å². The molecule has 24 heavy (non-hydrogen) atoms. The molecule has 0 atom stereocenters. The van der Waals surface area contributed by atoms with E-state index in [4.69, 9.17) is 16.3 Å². The van der Waals surface area contributed by atoms with Gasteiger partial charge in [0.25, 0.3) is 0 Å². The van der Waals surface area contributed by atoms with Crippen molar-refractivity contribution >= 4 is 39.6 Å². The van der Waals surface area contributed by atoms with Crippen LogP contribution >= 0.6 is 27.5 Å². The van der Waals surface area contributed by atoms with Gasteiger partial charge < -0.3 is 9.84 Å². The van der Waals surface area contributed by atoms with Gasteiger partial charge in [0.05, 0.1) is 28.4 Å². The molecule has 2 N–H and O–H groups in total. The molecule has 0 aliphatic carbocycles. The minimum Gasteiger partial charge on any atom is -0.503 e. The van der Waals surface area contributed by atoms with Crippen LogP contribution in [0.4, 0.5) is 19.0 Å². The first kappa shape index (κ1) is 18.3. The first-order chi connectivity index (χ1) is 11.2.